The SMILES string of the molecule is O=[N+]([O-])c1cccc(CNC2CCc3c(Br)cccc32)c1. The third kappa shape index (κ3) is 2.99. The Balaban J connectivity index is 1.71. The van der Waals surface area contributed by atoms with E-state index in [9.17, 15) is 10.1 Å². The van der Waals surface area contributed by atoms with E-state index in [1.165, 1.54) is 21.7 Å². The largest absolute Gasteiger partial charge is 0.306 e. The van der Waals surface area contributed by atoms with Gasteiger partial charge in [0.05, 0.1) is 4.92 Å². The zero-order valence-corrected chi connectivity index (χ0v) is 13.0. The fourth-order valence-corrected chi connectivity index (χ4v) is 3.42. The molecule has 108 valence electrons. The van der Waals surface area contributed by atoms with E-state index < -0.39 is 0 Å². The van der Waals surface area contributed by atoms with Crippen molar-refractivity contribution in [2.24, 2.45) is 0 Å². The van der Waals surface area contributed by atoms with Crippen molar-refractivity contribution >= 4 is 21.6 Å². The molecule has 0 saturated carbocycles. The Morgan fingerprint density at radius 1 is 1.29 bits per heavy atom. The molecule has 1 atom stereocenters. The minimum Gasteiger partial charge on any atom is -0.306 e. The number of benzene rings is 2. The molecule has 0 spiro atoms. The van der Waals surface area contributed by atoms with Crippen molar-refractivity contribution in [1.82, 2.24) is 5.32 Å². The van der Waals surface area contributed by atoms with Gasteiger partial charge in [0.1, 0.15) is 0 Å². The van der Waals surface area contributed by atoms with E-state index in [0.29, 0.717) is 12.6 Å². The Morgan fingerprint density at radius 2 is 2.10 bits per heavy atom. The van der Waals surface area contributed by atoms with Gasteiger partial charge < -0.3 is 5.32 Å². The first-order valence-corrected chi connectivity index (χ1v) is 7.68. The fraction of sp³-hybridized carbons (Fsp3) is 0.250. The number of hydrogen-bond donors (Lipinski definition) is 1. The molecule has 4 nitrogen and oxygen atoms in total. The van der Waals surface area contributed by atoms with Gasteiger partial charge in [-0.05, 0) is 35.6 Å². The summed E-state index contributed by atoms with van der Waals surface area (Å²) in [6.45, 7) is 0.637. The van der Waals surface area contributed by atoms with Crippen LogP contribution in [-0.4, -0.2) is 4.92 Å². The molecule has 1 N–H and O–H groups in total. The average molecular weight is 347 g/mol. The molecule has 0 fully saturated rings. The second-order valence-electron chi connectivity index (χ2n) is 5.21. The summed E-state index contributed by atoms with van der Waals surface area (Å²) in [6.07, 6.45) is 2.12. The molecule has 1 aliphatic carbocycles. The molecule has 0 amide bonds. The fourth-order valence-electron chi connectivity index (χ4n) is 2.84. The predicted octanol–water partition coefficient (Wildman–Crippen LogP) is 4.13. The van der Waals surface area contributed by atoms with Crippen molar-refractivity contribution in [1.29, 1.82) is 0 Å². The van der Waals surface area contributed by atoms with Gasteiger partial charge in [0, 0.05) is 29.2 Å². The van der Waals surface area contributed by atoms with Crippen LogP contribution in [0.5, 0.6) is 0 Å². The molecule has 1 unspecified atom stereocenters. The molecule has 0 radical (unpaired) electrons. The molecule has 5 heteroatoms. The average Bonchev–Trinajstić information content (AvgIpc) is 2.90. The lowest BCUT2D eigenvalue weighted by Gasteiger charge is -2.14. The van der Waals surface area contributed by atoms with E-state index >= 15 is 0 Å². The highest BCUT2D eigenvalue weighted by molar-refractivity contribution is 9.10. The first-order chi connectivity index (χ1) is 10.1. The minimum absolute atomic E-state index is 0.142. The van der Waals surface area contributed by atoms with Gasteiger partial charge >= 0.3 is 0 Å². The quantitative estimate of drug-likeness (QED) is 0.668. The van der Waals surface area contributed by atoms with Crippen LogP contribution in [0.25, 0.3) is 0 Å². The molecular formula is C16H15BrN2O2. The van der Waals surface area contributed by atoms with Crippen LogP contribution >= 0.6 is 15.9 Å². The van der Waals surface area contributed by atoms with Crippen LogP contribution in [0.15, 0.2) is 46.9 Å². The van der Waals surface area contributed by atoms with Crippen molar-refractivity contribution in [2.75, 3.05) is 0 Å². The maximum absolute atomic E-state index is 10.8. The summed E-state index contributed by atoms with van der Waals surface area (Å²) in [5.74, 6) is 0. The van der Waals surface area contributed by atoms with Gasteiger partial charge in [0.25, 0.3) is 5.69 Å². The summed E-state index contributed by atoms with van der Waals surface area (Å²) in [7, 11) is 0. The first-order valence-electron chi connectivity index (χ1n) is 6.89. The third-order valence-corrected chi connectivity index (χ3v) is 4.63. The van der Waals surface area contributed by atoms with Gasteiger partial charge in [-0.3, -0.25) is 10.1 Å². The first kappa shape index (κ1) is 14.2. The van der Waals surface area contributed by atoms with E-state index in [1.54, 1.807) is 12.1 Å². The van der Waals surface area contributed by atoms with Crippen LogP contribution in [0.3, 0.4) is 0 Å². The maximum atomic E-state index is 10.8. The Morgan fingerprint density at radius 3 is 2.90 bits per heavy atom. The zero-order valence-electron chi connectivity index (χ0n) is 11.4. The molecule has 0 aromatic heterocycles. The number of hydrogen-bond acceptors (Lipinski definition) is 3. The number of rotatable bonds is 4. The Hall–Kier alpha value is -1.72. The van der Waals surface area contributed by atoms with Crippen molar-refractivity contribution < 1.29 is 4.92 Å². The van der Waals surface area contributed by atoms with Gasteiger partial charge in [-0.25, -0.2) is 0 Å². The second kappa shape index (κ2) is 5.95. The standard InChI is InChI=1S/C16H15BrN2O2/c17-15-6-2-5-14-13(15)7-8-16(14)18-10-11-3-1-4-12(9-11)19(20)21/h1-6,9,16,18H,7-8,10H2. The number of nitrogens with one attached hydrogen (secondary N) is 1. The normalized spacial score (nSPS) is 16.7. The van der Waals surface area contributed by atoms with E-state index in [-0.39, 0.29) is 10.6 Å². The lowest BCUT2D eigenvalue weighted by molar-refractivity contribution is -0.384. The molecule has 0 bridgehead atoms. The Kier molecular flexibility index (Phi) is 4.03. The van der Waals surface area contributed by atoms with E-state index in [2.05, 4.69) is 39.4 Å². The highest BCUT2D eigenvalue weighted by Gasteiger charge is 2.23. The monoisotopic (exact) mass is 346 g/mol. The van der Waals surface area contributed by atoms with E-state index in [4.69, 9.17) is 0 Å². The second-order valence-corrected chi connectivity index (χ2v) is 6.06. The van der Waals surface area contributed by atoms with Crippen LogP contribution in [0.2, 0.25) is 0 Å². The van der Waals surface area contributed by atoms with Gasteiger partial charge in [-0.15, -0.1) is 0 Å². The molecule has 3 rings (SSSR count). The summed E-state index contributed by atoms with van der Waals surface area (Å²) in [5.41, 5.74) is 3.78. The highest BCUT2D eigenvalue weighted by Crippen LogP contribution is 2.35. The number of nitrogens with zero attached hydrogens (tertiary/aromatic N) is 1. The predicted molar refractivity (Wildman–Crippen MR) is 85.1 cm³/mol. The number of fused-ring (bicyclic) bond motifs is 1. The highest BCUT2D eigenvalue weighted by atomic mass is 79.9. The summed E-state index contributed by atoms with van der Waals surface area (Å²) in [4.78, 5) is 10.4. The number of non-ortho nitro benzene ring substituents is 1. The molecular weight excluding hydrogens is 332 g/mol. The molecule has 0 saturated heterocycles. The molecule has 21 heavy (non-hydrogen) atoms. The third-order valence-electron chi connectivity index (χ3n) is 3.89. The summed E-state index contributed by atoms with van der Waals surface area (Å²) in [6, 6.07) is 13.4. The van der Waals surface area contributed by atoms with Crippen LogP contribution < -0.4 is 5.32 Å². The van der Waals surface area contributed by atoms with Gasteiger partial charge in [-0.1, -0.05) is 40.2 Å². The summed E-state index contributed by atoms with van der Waals surface area (Å²) in [5, 5.41) is 14.3. The summed E-state index contributed by atoms with van der Waals surface area (Å²) < 4.78 is 1.17. The van der Waals surface area contributed by atoms with Crippen molar-refractivity contribution in [2.45, 2.75) is 25.4 Å². The van der Waals surface area contributed by atoms with Crippen molar-refractivity contribution in [3.8, 4) is 0 Å². The maximum Gasteiger partial charge on any atom is 0.269 e. The lowest BCUT2D eigenvalue weighted by atomic mass is 10.1. The smallest absolute Gasteiger partial charge is 0.269 e. The Bertz CT molecular complexity index is 688. The topological polar surface area (TPSA) is 55.2 Å². The number of halogens is 1. The van der Waals surface area contributed by atoms with Crippen LogP contribution in [0.4, 0.5) is 5.69 Å². The molecule has 2 aromatic carbocycles. The number of nitro benzene ring substituents is 1. The van der Waals surface area contributed by atoms with Crippen LogP contribution in [0.1, 0.15) is 29.2 Å². The van der Waals surface area contributed by atoms with E-state index in [1.807, 2.05) is 6.07 Å². The van der Waals surface area contributed by atoms with Crippen LogP contribution in [0, 0.1) is 10.1 Å². The summed E-state index contributed by atoms with van der Waals surface area (Å²) >= 11 is 3.59. The molecule has 0 heterocycles. The van der Waals surface area contributed by atoms with Gasteiger partial charge in [0.2, 0.25) is 0 Å². The molecule has 1 aliphatic rings. The Labute approximate surface area is 131 Å². The minimum atomic E-state index is -0.356. The van der Waals surface area contributed by atoms with Crippen LogP contribution in [-0.2, 0) is 13.0 Å². The van der Waals surface area contributed by atoms with Gasteiger partial charge in [0.15, 0.2) is 0 Å². The molecule has 0 aliphatic heterocycles. The van der Waals surface area contributed by atoms with Crippen molar-refractivity contribution in [3.05, 3.63) is 73.7 Å². The number of nitro groups is 1. The van der Waals surface area contributed by atoms with Gasteiger partial charge in [-0.2, -0.15) is 0 Å². The van der Waals surface area contributed by atoms with E-state index in [0.717, 1.165) is 18.4 Å². The van der Waals surface area contributed by atoms with Crippen molar-refractivity contribution in [3.63, 3.8) is 0 Å². The lowest BCUT2D eigenvalue weighted by Crippen LogP contribution is -2.18. The molecule has 2 aromatic rings. The zero-order chi connectivity index (χ0) is 14.8.